The van der Waals surface area contributed by atoms with Crippen LogP contribution in [0.5, 0.6) is 0 Å². The van der Waals surface area contributed by atoms with Crippen LogP contribution < -0.4 is 10.0 Å². The summed E-state index contributed by atoms with van der Waals surface area (Å²) in [5.41, 5.74) is 1.02. The van der Waals surface area contributed by atoms with E-state index in [1.54, 1.807) is 18.2 Å². The second-order valence-electron chi connectivity index (χ2n) is 6.04. The summed E-state index contributed by atoms with van der Waals surface area (Å²) in [5, 5.41) is 2.37. The number of nitrogens with one attached hydrogen (secondary N) is 2. The van der Waals surface area contributed by atoms with Gasteiger partial charge in [0, 0.05) is 0 Å². The molecule has 0 radical (unpaired) electrons. The van der Waals surface area contributed by atoms with Crippen molar-refractivity contribution >= 4 is 21.6 Å². The van der Waals surface area contributed by atoms with Crippen LogP contribution in [0.25, 0.3) is 0 Å². The van der Waals surface area contributed by atoms with E-state index in [0.29, 0.717) is 0 Å². The lowest BCUT2D eigenvalue weighted by Crippen LogP contribution is -2.41. The average molecular weight is 364 g/mol. The zero-order valence-corrected chi connectivity index (χ0v) is 15.1. The number of amides is 1. The normalized spacial score (nSPS) is 12.8. The fourth-order valence-electron chi connectivity index (χ4n) is 2.19. The molecule has 2 rings (SSSR count). The molecule has 0 saturated carbocycles. The van der Waals surface area contributed by atoms with Gasteiger partial charge in [0.25, 0.3) is 0 Å². The van der Waals surface area contributed by atoms with Crippen molar-refractivity contribution < 1.29 is 17.6 Å². The quantitative estimate of drug-likeness (QED) is 0.826. The number of hydrogen-bond donors (Lipinski definition) is 2. The van der Waals surface area contributed by atoms with Gasteiger partial charge in [-0.1, -0.05) is 38.1 Å². The molecule has 1 unspecified atom stereocenters. The van der Waals surface area contributed by atoms with Gasteiger partial charge in [0.05, 0.1) is 16.6 Å². The van der Waals surface area contributed by atoms with Gasteiger partial charge in [0.15, 0.2) is 0 Å². The highest BCUT2D eigenvalue weighted by molar-refractivity contribution is 7.89. The van der Waals surface area contributed by atoms with E-state index in [4.69, 9.17) is 0 Å². The maximum Gasteiger partial charge on any atom is 0.242 e. The van der Waals surface area contributed by atoms with Gasteiger partial charge in [0.2, 0.25) is 15.9 Å². The molecule has 2 N–H and O–H groups in total. The molecular formula is C18H21FN2O3S. The van der Waals surface area contributed by atoms with Crippen molar-refractivity contribution in [1.82, 2.24) is 4.72 Å². The Bertz CT molecular complexity index is 849. The molecule has 1 atom stereocenters. The first-order chi connectivity index (χ1) is 11.7. The number of carbonyl (C=O) groups is 1. The monoisotopic (exact) mass is 364 g/mol. The maximum absolute atomic E-state index is 13.6. The molecule has 2 aromatic carbocycles. The van der Waals surface area contributed by atoms with Crippen LogP contribution in [0.1, 0.15) is 32.3 Å². The largest absolute Gasteiger partial charge is 0.322 e. The van der Waals surface area contributed by atoms with Gasteiger partial charge in [-0.25, -0.2) is 12.8 Å². The molecule has 0 saturated heterocycles. The van der Waals surface area contributed by atoms with Gasteiger partial charge < -0.3 is 5.32 Å². The van der Waals surface area contributed by atoms with Gasteiger partial charge in [-0.2, -0.15) is 4.72 Å². The van der Waals surface area contributed by atoms with Crippen LogP contribution in [0, 0.1) is 5.82 Å². The molecule has 1 amide bonds. The van der Waals surface area contributed by atoms with Crippen LogP contribution in [0.3, 0.4) is 0 Å². The summed E-state index contributed by atoms with van der Waals surface area (Å²) in [6.07, 6.45) is 0. The van der Waals surface area contributed by atoms with Gasteiger partial charge in [-0.15, -0.1) is 0 Å². The minimum absolute atomic E-state index is 0.000153. The average Bonchev–Trinajstić information content (AvgIpc) is 2.56. The molecule has 0 spiro atoms. The summed E-state index contributed by atoms with van der Waals surface area (Å²) in [7, 11) is -3.85. The first-order valence-electron chi connectivity index (χ1n) is 7.88. The third kappa shape index (κ3) is 4.87. The molecule has 134 valence electrons. The minimum Gasteiger partial charge on any atom is -0.322 e. The number of anilines is 1. The van der Waals surface area contributed by atoms with Crippen molar-refractivity contribution in [2.45, 2.75) is 37.6 Å². The zero-order chi connectivity index (χ0) is 18.6. The lowest BCUT2D eigenvalue weighted by atomic mass is 10.0. The van der Waals surface area contributed by atoms with E-state index >= 15 is 0 Å². The Hall–Kier alpha value is -2.25. The number of rotatable bonds is 6. The standard InChI is InChI=1S/C18H21FN2O3S/c1-12(2)14-8-10-15(11-9-14)25(23,24)21-13(3)18(22)20-17-7-5-4-6-16(17)19/h4-13,21H,1-3H3,(H,20,22). The summed E-state index contributed by atoms with van der Waals surface area (Å²) in [6, 6.07) is 11.1. The molecule has 0 aromatic heterocycles. The minimum atomic E-state index is -3.85. The smallest absolute Gasteiger partial charge is 0.242 e. The molecule has 5 nitrogen and oxygen atoms in total. The van der Waals surface area contributed by atoms with Crippen LogP contribution in [-0.4, -0.2) is 20.4 Å². The number of benzene rings is 2. The fraction of sp³-hybridized carbons (Fsp3) is 0.278. The van der Waals surface area contributed by atoms with E-state index in [0.717, 1.165) is 5.56 Å². The highest BCUT2D eigenvalue weighted by Gasteiger charge is 2.22. The summed E-state index contributed by atoms with van der Waals surface area (Å²) < 4.78 is 40.6. The molecular weight excluding hydrogens is 343 g/mol. The molecule has 25 heavy (non-hydrogen) atoms. The predicted molar refractivity (Wildman–Crippen MR) is 95.3 cm³/mol. The molecule has 0 aliphatic rings. The molecule has 0 heterocycles. The SMILES string of the molecule is CC(NS(=O)(=O)c1ccc(C(C)C)cc1)C(=O)Nc1ccccc1F. The van der Waals surface area contributed by atoms with Crippen molar-refractivity contribution in [1.29, 1.82) is 0 Å². The number of sulfonamides is 1. The van der Waals surface area contributed by atoms with Crippen LogP contribution in [0.4, 0.5) is 10.1 Å². The van der Waals surface area contributed by atoms with E-state index in [2.05, 4.69) is 10.0 Å². The molecule has 2 aromatic rings. The number of hydrogen-bond acceptors (Lipinski definition) is 3. The topological polar surface area (TPSA) is 75.3 Å². The van der Waals surface area contributed by atoms with Gasteiger partial charge in [-0.3, -0.25) is 4.79 Å². The lowest BCUT2D eigenvalue weighted by molar-refractivity contribution is -0.117. The Balaban J connectivity index is 2.08. The van der Waals surface area contributed by atoms with Crippen LogP contribution in [0.15, 0.2) is 53.4 Å². The van der Waals surface area contributed by atoms with Crippen molar-refractivity contribution in [2.75, 3.05) is 5.32 Å². The summed E-state index contributed by atoms with van der Waals surface area (Å²) >= 11 is 0. The second kappa shape index (κ2) is 7.76. The number of halogens is 1. The number of carbonyl (C=O) groups excluding carboxylic acids is 1. The molecule has 0 bridgehead atoms. The second-order valence-corrected chi connectivity index (χ2v) is 7.75. The highest BCUT2D eigenvalue weighted by Crippen LogP contribution is 2.18. The van der Waals surface area contributed by atoms with E-state index < -0.39 is 27.8 Å². The first-order valence-corrected chi connectivity index (χ1v) is 9.36. The highest BCUT2D eigenvalue weighted by atomic mass is 32.2. The number of para-hydroxylation sites is 1. The summed E-state index contributed by atoms with van der Waals surface area (Å²) in [5.74, 6) is -0.946. The predicted octanol–water partition coefficient (Wildman–Crippen LogP) is 3.25. The van der Waals surface area contributed by atoms with Crippen molar-refractivity contribution in [3.63, 3.8) is 0 Å². The summed E-state index contributed by atoms with van der Waals surface area (Å²) in [6.45, 7) is 5.42. The van der Waals surface area contributed by atoms with E-state index in [9.17, 15) is 17.6 Å². The van der Waals surface area contributed by atoms with Gasteiger partial charge >= 0.3 is 0 Å². The molecule has 7 heteroatoms. The third-order valence-corrected chi connectivity index (χ3v) is 5.27. The Morgan fingerprint density at radius 1 is 1.00 bits per heavy atom. The maximum atomic E-state index is 13.6. The van der Waals surface area contributed by atoms with E-state index in [1.165, 1.54) is 37.3 Å². The third-order valence-electron chi connectivity index (χ3n) is 3.71. The van der Waals surface area contributed by atoms with Crippen molar-refractivity contribution in [3.05, 3.63) is 59.9 Å². The van der Waals surface area contributed by atoms with Gasteiger partial charge in [-0.05, 0) is 42.7 Å². The van der Waals surface area contributed by atoms with Crippen LogP contribution in [0.2, 0.25) is 0 Å². The summed E-state index contributed by atoms with van der Waals surface area (Å²) in [4.78, 5) is 12.2. The Morgan fingerprint density at radius 3 is 2.16 bits per heavy atom. The Labute approximate surface area is 147 Å². The lowest BCUT2D eigenvalue weighted by Gasteiger charge is -2.15. The molecule has 0 aliphatic heterocycles. The zero-order valence-electron chi connectivity index (χ0n) is 14.3. The van der Waals surface area contributed by atoms with Gasteiger partial charge in [0.1, 0.15) is 5.82 Å². The van der Waals surface area contributed by atoms with Crippen LogP contribution >= 0.6 is 0 Å². The first kappa shape index (κ1) is 19.1. The Morgan fingerprint density at radius 2 is 1.60 bits per heavy atom. The Kier molecular flexibility index (Phi) is 5.92. The van der Waals surface area contributed by atoms with Crippen LogP contribution in [-0.2, 0) is 14.8 Å². The fourth-order valence-corrected chi connectivity index (χ4v) is 3.39. The van der Waals surface area contributed by atoms with E-state index in [1.807, 2.05) is 13.8 Å². The van der Waals surface area contributed by atoms with Crippen molar-refractivity contribution in [2.24, 2.45) is 0 Å². The van der Waals surface area contributed by atoms with Crippen molar-refractivity contribution in [3.8, 4) is 0 Å². The van der Waals surface area contributed by atoms with E-state index in [-0.39, 0.29) is 16.5 Å². The molecule has 0 aliphatic carbocycles. The molecule has 0 fully saturated rings.